The molecule has 0 bridgehead atoms. The molecule has 0 radical (unpaired) electrons. The number of carbonyl (C=O) groups excluding carboxylic acids is 1. The van der Waals surface area contributed by atoms with Crippen LogP contribution >= 0.6 is 0 Å². The van der Waals surface area contributed by atoms with Gasteiger partial charge in [-0.25, -0.2) is 0 Å². The molecule has 17 heavy (non-hydrogen) atoms. The molecule has 2 rings (SSSR count). The first-order valence-electron chi connectivity index (χ1n) is 7.15. The van der Waals surface area contributed by atoms with Crippen LogP contribution in [0.1, 0.15) is 58.3 Å². The van der Waals surface area contributed by atoms with Crippen molar-refractivity contribution in [3.63, 3.8) is 0 Å². The van der Waals surface area contributed by atoms with Crippen molar-refractivity contribution < 1.29 is 9.90 Å². The Kier molecular flexibility index (Phi) is 4.43. The highest BCUT2D eigenvalue weighted by molar-refractivity contribution is 5.79. The molecule has 0 aliphatic heterocycles. The minimum Gasteiger partial charge on any atom is -0.391 e. The predicted molar refractivity (Wildman–Crippen MR) is 67.5 cm³/mol. The molecule has 0 aromatic heterocycles. The largest absolute Gasteiger partial charge is 0.391 e. The molecule has 0 heterocycles. The highest BCUT2D eigenvalue weighted by Crippen LogP contribution is 2.29. The number of hydrogen-bond donors (Lipinski definition) is 2. The lowest BCUT2D eigenvalue weighted by atomic mass is 9.82. The Morgan fingerprint density at radius 2 is 1.71 bits per heavy atom. The zero-order chi connectivity index (χ0) is 12.3. The zero-order valence-electron chi connectivity index (χ0n) is 10.8. The van der Waals surface area contributed by atoms with Gasteiger partial charge in [-0.1, -0.05) is 19.8 Å². The van der Waals surface area contributed by atoms with Gasteiger partial charge in [0.05, 0.1) is 12.1 Å². The average molecular weight is 239 g/mol. The maximum atomic E-state index is 12.1. The first-order valence-corrected chi connectivity index (χ1v) is 7.15. The van der Waals surface area contributed by atoms with E-state index in [-0.39, 0.29) is 24.0 Å². The van der Waals surface area contributed by atoms with Gasteiger partial charge >= 0.3 is 0 Å². The van der Waals surface area contributed by atoms with Crippen molar-refractivity contribution in [2.75, 3.05) is 0 Å². The number of amides is 1. The summed E-state index contributed by atoms with van der Waals surface area (Å²) in [5.74, 6) is 1.16. The molecule has 3 heteroatoms. The quantitative estimate of drug-likeness (QED) is 0.776. The average Bonchev–Trinajstić information content (AvgIpc) is 2.33. The molecule has 0 aromatic rings. The van der Waals surface area contributed by atoms with Crippen LogP contribution in [0.25, 0.3) is 0 Å². The first-order chi connectivity index (χ1) is 8.16. The van der Waals surface area contributed by atoms with Gasteiger partial charge < -0.3 is 10.4 Å². The second kappa shape index (κ2) is 5.85. The molecular weight excluding hydrogens is 214 g/mol. The van der Waals surface area contributed by atoms with Crippen LogP contribution in [0.4, 0.5) is 0 Å². The molecule has 2 atom stereocenters. The highest BCUT2D eigenvalue weighted by atomic mass is 16.3. The van der Waals surface area contributed by atoms with Crippen molar-refractivity contribution in [3.05, 3.63) is 0 Å². The number of rotatable bonds is 2. The zero-order valence-corrected chi connectivity index (χ0v) is 10.8. The third kappa shape index (κ3) is 3.44. The summed E-state index contributed by atoms with van der Waals surface area (Å²) in [6, 6.07) is 0.00981. The SMILES string of the molecule is CC1CCC(C(=O)NC2CCCCC2O)CC1. The van der Waals surface area contributed by atoms with E-state index in [4.69, 9.17) is 0 Å². The summed E-state index contributed by atoms with van der Waals surface area (Å²) < 4.78 is 0. The van der Waals surface area contributed by atoms with E-state index in [2.05, 4.69) is 12.2 Å². The van der Waals surface area contributed by atoms with Gasteiger partial charge in [0.2, 0.25) is 5.91 Å². The molecule has 0 saturated heterocycles. The molecule has 1 amide bonds. The molecule has 2 aliphatic rings. The fraction of sp³-hybridized carbons (Fsp3) is 0.929. The van der Waals surface area contributed by atoms with Crippen LogP contribution in [0.5, 0.6) is 0 Å². The number of hydrogen-bond acceptors (Lipinski definition) is 2. The highest BCUT2D eigenvalue weighted by Gasteiger charge is 2.29. The molecule has 2 N–H and O–H groups in total. The van der Waals surface area contributed by atoms with Crippen LogP contribution in [0.3, 0.4) is 0 Å². The van der Waals surface area contributed by atoms with E-state index in [9.17, 15) is 9.90 Å². The van der Waals surface area contributed by atoms with Gasteiger partial charge in [-0.3, -0.25) is 4.79 Å². The molecule has 98 valence electrons. The molecule has 0 spiro atoms. The maximum Gasteiger partial charge on any atom is 0.223 e. The van der Waals surface area contributed by atoms with Gasteiger partial charge in [-0.15, -0.1) is 0 Å². The van der Waals surface area contributed by atoms with Crippen LogP contribution in [-0.2, 0) is 4.79 Å². The van der Waals surface area contributed by atoms with Crippen LogP contribution in [-0.4, -0.2) is 23.2 Å². The van der Waals surface area contributed by atoms with E-state index in [1.165, 1.54) is 12.8 Å². The molecule has 3 nitrogen and oxygen atoms in total. The lowest BCUT2D eigenvalue weighted by molar-refractivity contribution is -0.128. The second-order valence-corrected chi connectivity index (χ2v) is 5.92. The fourth-order valence-electron chi connectivity index (χ4n) is 3.10. The number of nitrogens with one attached hydrogen (secondary N) is 1. The lowest BCUT2D eigenvalue weighted by Crippen LogP contribution is -2.47. The summed E-state index contributed by atoms with van der Waals surface area (Å²) in [5.41, 5.74) is 0. The van der Waals surface area contributed by atoms with Crippen LogP contribution in [0.2, 0.25) is 0 Å². The van der Waals surface area contributed by atoms with E-state index < -0.39 is 0 Å². The van der Waals surface area contributed by atoms with Crippen LogP contribution < -0.4 is 5.32 Å². The third-order valence-electron chi connectivity index (χ3n) is 4.44. The van der Waals surface area contributed by atoms with Crippen molar-refractivity contribution in [2.45, 2.75) is 70.4 Å². The maximum absolute atomic E-state index is 12.1. The predicted octanol–water partition coefficient (Wildman–Crippen LogP) is 2.23. The van der Waals surface area contributed by atoms with Crippen molar-refractivity contribution in [1.29, 1.82) is 0 Å². The minimum atomic E-state index is -0.324. The normalized spacial score (nSPS) is 38.7. The van der Waals surface area contributed by atoms with Crippen molar-refractivity contribution in [3.8, 4) is 0 Å². The summed E-state index contributed by atoms with van der Waals surface area (Å²) in [7, 11) is 0. The standard InChI is InChI=1S/C14H25NO2/c1-10-6-8-11(9-7-10)14(17)15-12-4-2-3-5-13(12)16/h10-13,16H,2-9H2,1H3,(H,15,17). The molecule has 2 unspecified atom stereocenters. The molecule has 2 saturated carbocycles. The number of aliphatic hydroxyl groups excluding tert-OH is 1. The lowest BCUT2D eigenvalue weighted by Gasteiger charge is -2.31. The van der Waals surface area contributed by atoms with E-state index >= 15 is 0 Å². The summed E-state index contributed by atoms with van der Waals surface area (Å²) in [5, 5.41) is 12.9. The number of carbonyl (C=O) groups is 1. The van der Waals surface area contributed by atoms with Crippen molar-refractivity contribution in [2.24, 2.45) is 11.8 Å². The fourth-order valence-corrected chi connectivity index (χ4v) is 3.10. The Hall–Kier alpha value is -0.570. The van der Waals surface area contributed by atoms with E-state index in [1.807, 2.05) is 0 Å². The van der Waals surface area contributed by atoms with Crippen LogP contribution in [0, 0.1) is 11.8 Å². The van der Waals surface area contributed by atoms with Gasteiger partial charge in [0, 0.05) is 5.92 Å². The summed E-state index contributed by atoms with van der Waals surface area (Å²) in [4.78, 5) is 12.1. The van der Waals surface area contributed by atoms with Gasteiger partial charge in [-0.05, 0) is 44.4 Å². The number of aliphatic hydroxyl groups is 1. The first kappa shape index (κ1) is 12.9. The van der Waals surface area contributed by atoms with Crippen molar-refractivity contribution >= 4 is 5.91 Å². The summed E-state index contributed by atoms with van der Waals surface area (Å²) >= 11 is 0. The third-order valence-corrected chi connectivity index (χ3v) is 4.44. The second-order valence-electron chi connectivity index (χ2n) is 5.92. The smallest absolute Gasteiger partial charge is 0.223 e. The van der Waals surface area contributed by atoms with Gasteiger partial charge in [-0.2, -0.15) is 0 Å². The Bertz CT molecular complexity index is 259. The molecule has 2 aliphatic carbocycles. The molecular formula is C14H25NO2. The Morgan fingerprint density at radius 3 is 2.35 bits per heavy atom. The minimum absolute atomic E-state index is 0.00981. The summed E-state index contributed by atoms with van der Waals surface area (Å²) in [6.45, 7) is 2.26. The van der Waals surface area contributed by atoms with Gasteiger partial charge in [0.1, 0.15) is 0 Å². The van der Waals surface area contributed by atoms with Gasteiger partial charge in [0.25, 0.3) is 0 Å². The topological polar surface area (TPSA) is 49.3 Å². The van der Waals surface area contributed by atoms with Gasteiger partial charge in [0.15, 0.2) is 0 Å². The molecule has 0 aromatic carbocycles. The Labute approximate surface area is 104 Å². The summed E-state index contributed by atoms with van der Waals surface area (Å²) in [6.07, 6.45) is 8.07. The van der Waals surface area contributed by atoms with E-state index in [0.717, 1.165) is 44.4 Å². The van der Waals surface area contributed by atoms with Crippen LogP contribution in [0.15, 0.2) is 0 Å². The molecule has 2 fully saturated rings. The monoisotopic (exact) mass is 239 g/mol. The Balaban J connectivity index is 1.79. The van der Waals surface area contributed by atoms with Crippen molar-refractivity contribution in [1.82, 2.24) is 5.32 Å². The van der Waals surface area contributed by atoms with E-state index in [1.54, 1.807) is 0 Å². The Morgan fingerprint density at radius 1 is 1.06 bits per heavy atom. The van der Waals surface area contributed by atoms with E-state index in [0.29, 0.717) is 0 Å².